The number of carbonyl (C=O) groups excluding carboxylic acids is 3. The van der Waals surface area contributed by atoms with Crippen molar-refractivity contribution in [3.63, 3.8) is 0 Å². The quantitative estimate of drug-likeness (QED) is 0.633. The lowest BCUT2D eigenvalue weighted by Gasteiger charge is -2.44. The van der Waals surface area contributed by atoms with Gasteiger partial charge in [0, 0.05) is 34.0 Å². The number of hydrogen-bond donors (Lipinski definition) is 2. The molecule has 3 N–H and O–H groups in total. The third-order valence-electron chi connectivity index (χ3n) is 6.94. The number of fused-ring (bicyclic) bond motifs is 3. The number of allylic oxidation sites excluding steroid dienone is 1. The molecule has 7 nitrogen and oxygen atoms in total. The van der Waals surface area contributed by atoms with E-state index in [9.17, 15) is 14.4 Å². The number of halogens is 1. The van der Waals surface area contributed by atoms with Gasteiger partial charge in [-0.2, -0.15) is 0 Å². The van der Waals surface area contributed by atoms with Crippen LogP contribution in [-0.4, -0.2) is 24.8 Å². The number of nitrogens with one attached hydrogen (secondary N) is 1. The Hall–Kier alpha value is -3.58. The van der Waals surface area contributed by atoms with Gasteiger partial charge in [0.1, 0.15) is 16.8 Å². The molecule has 0 saturated heterocycles. The van der Waals surface area contributed by atoms with Crippen molar-refractivity contribution in [3.8, 4) is 0 Å². The molecule has 2 heterocycles. The van der Waals surface area contributed by atoms with E-state index in [1.54, 1.807) is 23.1 Å². The van der Waals surface area contributed by atoms with Crippen LogP contribution in [0.15, 0.2) is 59.1 Å². The Labute approximate surface area is 202 Å². The minimum absolute atomic E-state index is 0.0511. The fraction of sp³-hybridized carbons (Fsp3) is 0.269. The maximum atomic E-state index is 13.8. The van der Waals surface area contributed by atoms with Crippen LogP contribution in [0.5, 0.6) is 0 Å². The summed E-state index contributed by atoms with van der Waals surface area (Å²) in [4.78, 5) is 42.5. The zero-order valence-corrected chi connectivity index (χ0v) is 19.9. The smallest absolute Gasteiger partial charge is 0.339 e. The number of ketones is 1. The monoisotopic (exact) mass is 477 g/mol. The van der Waals surface area contributed by atoms with Gasteiger partial charge in [0.2, 0.25) is 5.91 Å². The predicted octanol–water partition coefficient (Wildman–Crippen LogP) is 4.02. The number of carbonyl (C=O) groups is 3. The lowest BCUT2D eigenvalue weighted by atomic mass is 9.63. The fourth-order valence-corrected chi connectivity index (χ4v) is 5.61. The summed E-state index contributed by atoms with van der Waals surface area (Å²) in [5.41, 5.74) is 9.23. The first-order chi connectivity index (χ1) is 16.2. The molecule has 1 atom stereocenters. The normalized spacial score (nSPS) is 21.6. The Morgan fingerprint density at radius 3 is 2.68 bits per heavy atom. The van der Waals surface area contributed by atoms with E-state index < -0.39 is 17.3 Å². The van der Waals surface area contributed by atoms with Gasteiger partial charge in [-0.15, -0.1) is 0 Å². The number of Topliss-reactive ketones (excluding diaryl/α,β-unsaturated/α-hetero) is 1. The van der Waals surface area contributed by atoms with Crippen LogP contribution < -0.4 is 16.0 Å². The van der Waals surface area contributed by atoms with Crippen LogP contribution in [0.25, 0.3) is 0 Å². The molecule has 2 aliphatic heterocycles. The Morgan fingerprint density at radius 1 is 1.18 bits per heavy atom. The summed E-state index contributed by atoms with van der Waals surface area (Å²) in [5.74, 6) is -1.39. The topological polar surface area (TPSA) is 102 Å². The lowest BCUT2D eigenvalue weighted by molar-refractivity contribution is -0.138. The van der Waals surface area contributed by atoms with Crippen molar-refractivity contribution in [1.82, 2.24) is 0 Å². The van der Waals surface area contributed by atoms with Gasteiger partial charge in [0.25, 0.3) is 0 Å². The molecular weight excluding hydrogens is 454 g/mol. The molecule has 174 valence electrons. The van der Waals surface area contributed by atoms with Crippen LogP contribution in [0.2, 0.25) is 5.02 Å². The second-order valence-corrected chi connectivity index (χ2v) is 9.23. The highest BCUT2D eigenvalue weighted by Crippen LogP contribution is 2.56. The second kappa shape index (κ2) is 7.74. The third kappa shape index (κ3) is 2.80. The van der Waals surface area contributed by atoms with Crippen LogP contribution in [0.1, 0.15) is 36.0 Å². The van der Waals surface area contributed by atoms with Crippen LogP contribution >= 0.6 is 11.6 Å². The number of esters is 1. The summed E-state index contributed by atoms with van der Waals surface area (Å²) in [7, 11) is 1.24. The summed E-state index contributed by atoms with van der Waals surface area (Å²) in [5, 5.41) is 3.40. The molecule has 2 aromatic carbocycles. The first-order valence-corrected chi connectivity index (χ1v) is 11.4. The van der Waals surface area contributed by atoms with E-state index in [1.807, 2.05) is 32.0 Å². The predicted molar refractivity (Wildman–Crippen MR) is 129 cm³/mol. The van der Waals surface area contributed by atoms with Crippen molar-refractivity contribution >= 4 is 40.6 Å². The van der Waals surface area contributed by atoms with Gasteiger partial charge >= 0.3 is 5.97 Å². The molecule has 0 saturated carbocycles. The van der Waals surface area contributed by atoms with Crippen molar-refractivity contribution in [3.05, 3.63) is 80.8 Å². The third-order valence-corrected chi connectivity index (χ3v) is 7.35. The average molecular weight is 478 g/mol. The van der Waals surface area contributed by atoms with Crippen molar-refractivity contribution in [1.29, 1.82) is 0 Å². The fourth-order valence-electron chi connectivity index (χ4n) is 5.44. The molecule has 1 amide bonds. The standard InChI is InChI=1S/C26H24ClN3O4/c1-13-10-11-17-15(12-13)26(25(33)29-17)21-19(8-5-9-20(21)31)30(23(28)22(26)24(32)34-3)18-7-4-6-16(27)14(18)2/h4,6-7,10-12H,5,8-9,28H2,1-3H3,(H,29,33). The molecule has 8 heteroatoms. The number of benzene rings is 2. The maximum Gasteiger partial charge on any atom is 0.339 e. The van der Waals surface area contributed by atoms with E-state index in [0.717, 1.165) is 11.1 Å². The Balaban J connectivity index is 1.94. The lowest BCUT2D eigenvalue weighted by Crippen LogP contribution is -2.53. The summed E-state index contributed by atoms with van der Waals surface area (Å²) in [6, 6.07) is 10.9. The highest BCUT2D eigenvalue weighted by Gasteiger charge is 2.62. The molecule has 1 spiro atoms. The summed E-state index contributed by atoms with van der Waals surface area (Å²) in [6.45, 7) is 3.74. The van der Waals surface area contributed by atoms with Crippen LogP contribution in [0.4, 0.5) is 11.4 Å². The number of rotatable bonds is 2. The maximum absolute atomic E-state index is 13.8. The molecule has 5 rings (SSSR count). The number of nitrogens with two attached hydrogens (primary N) is 1. The summed E-state index contributed by atoms with van der Waals surface area (Å²) >= 11 is 6.42. The van der Waals surface area contributed by atoms with Crippen molar-refractivity contribution < 1.29 is 19.1 Å². The van der Waals surface area contributed by atoms with E-state index in [2.05, 4.69) is 5.32 Å². The van der Waals surface area contributed by atoms with Crippen molar-refractivity contribution in [2.24, 2.45) is 5.73 Å². The van der Waals surface area contributed by atoms with Gasteiger partial charge in [0.15, 0.2) is 5.78 Å². The van der Waals surface area contributed by atoms with E-state index in [1.165, 1.54) is 7.11 Å². The van der Waals surface area contributed by atoms with Gasteiger partial charge in [-0.25, -0.2) is 4.79 Å². The van der Waals surface area contributed by atoms with Gasteiger partial charge < -0.3 is 15.8 Å². The zero-order chi connectivity index (χ0) is 24.4. The second-order valence-electron chi connectivity index (χ2n) is 8.82. The number of ether oxygens (including phenoxy) is 1. The number of nitrogens with zero attached hydrogens (tertiary/aromatic N) is 1. The number of hydrogen-bond acceptors (Lipinski definition) is 6. The van der Waals surface area contributed by atoms with Crippen LogP contribution in [0.3, 0.4) is 0 Å². The first-order valence-electron chi connectivity index (χ1n) is 11.1. The molecule has 2 aromatic rings. The Bertz CT molecular complexity index is 1360. The average Bonchev–Trinajstić information content (AvgIpc) is 3.08. The number of methoxy groups -OCH3 is 1. The van der Waals surface area contributed by atoms with Crippen LogP contribution in [0, 0.1) is 13.8 Å². The molecule has 0 fully saturated rings. The minimum atomic E-state index is -1.69. The van der Waals surface area contributed by atoms with E-state index in [0.29, 0.717) is 40.5 Å². The number of anilines is 2. The summed E-state index contributed by atoms with van der Waals surface area (Å²) in [6.07, 6.45) is 1.39. The molecule has 0 bridgehead atoms. The molecule has 3 aliphatic rings. The first kappa shape index (κ1) is 22.2. The van der Waals surface area contributed by atoms with Gasteiger partial charge in [0.05, 0.1) is 12.8 Å². The molecule has 0 aromatic heterocycles. The van der Waals surface area contributed by atoms with E-state index in [4.69, 9.17) is 22.1 Å². The van der Waals surface area contributed by atoms with E-state index in [-0.39, 0.29) is 29.2 Å². The molecular formula is C26H24ClN3O4. The SMILES string of the molecule is COC(=O)C1=C(N)N(c2cccc(Cl)c2C)C2=C(C(=O)CCC2)C12C(=O)Nc1ccc(C)cc12. The molecule has 34 heavy (non-hydrogen) atoms. The molecule has 0 radical (unpaired) electrons. The Morgan fingerprint density at radius 2 is 1.94 bits per heavy atom. The summed E-state index contributed by atoms with van der Waals surface area (Å²) < 4.78 is 5.15. The zero-order valence-electron chi connectivity index (χ0n) is 19.1. The van der Waals surface area contributed by atoms with Gasteiger partial charge in [-0.1, -0.05) is 35.4 Å². The van der Waals surface area contributed by atoms with Gasteiger partial charge in [-0.3, -0.25) is 14.5 Å². The highest BCUT2D eigenvalue weighted by molar-refractivity contribution is 6.31. The Kier molecular flexibility index (Phi) is 5.06. The molecule has 1 unspecified atom stereocenters. The van der Waals surface area contributed by atoms with Crippen molar-refractivity contribution in [2.75, 3.05) is 17.3 Å². The van der Waals surface area contributed by atoms with Crippen LogP contribution in [-0.2, 0) is 24.5 Å². The minimum Gasteiger partial charge on any atom is -0.466 e. The van der Waals surface area contributed by atoms with Crippen molar-refractivity contribution in [2.45, 2.75) is 38.5 Å². The largest absolute Gasteiger partial charge is 0.466 e. The number of amides is 1. The van der Waals surface area contributed by atoms with Gasteiger partial charge in [-0.05, 0) is 50.5 Å². The number of aryl methyl sites for hydroxylation is 1. The van der Waals surface area contributed by atoms with E-state index >= 15 is 0 Å². The highest BCUT2D eigenvalue weighted by atomic mass is 35.5. The molecule has 1 aliphatic carbocycles.